The van der Waals surface area contributed by atoms with Crippen LogP contribution in [0.25, 0.3) is 115 Å². The highest BCUT2D eigenvalue weighted by atomic mass is 32.1. The van der Waals surface area contributed by atoms with Gasteiger partial charge in [0.15, 0.2) is 17.5 Å². The molecule has 3 aromatic heterocycles. The monoisotopic (exact) mass is 894 g/mol. The highest BCUT2D eigenvalue weighted by Crippen LogP contribution is 2.62. The van der Waals surface area contributed by atoms with E-state index >= 15 is 0 Å². The average Bonchev–Trinajstić information content (AvgIpc) is 4.08. The third-order valence-electron chi connectivity index (χ3n) is 14.7. The topological polar surface area (TPSA) is 43.6 Å². The first-order valence-corrected chi connectivity index (χ1v) is 24.3. The standard InChI is InChI=1S/C64H38N4S/c1-2-15-39(16-3-1)40-31-35-42(36-32-40)61-65-62(43-37-33-41(34-38-43)44-20-12-22-48-46-18-6-11-30-57(46)69-60(44)48)67-63(66-61)50-23-14-26-53-58(50)49-19-4-7-24-51(49)64(53)52-25-8-10-29-56(52)68-55-28-9-5-17-45(55)47-21-13-27-54(64)59(47)68/h1-38H. The molecule has 1 aliphatic heterocycles. The zero-order valence-electron chi connectivity index (χ0n) is 37.1. The van der Waals surface area contributed by atoms with Crippen LogP contribution >= 0.6 is 11.3 Å². The summed E-state index contributed by atoms with van der Waals surface area (Å²) in [6, 6.07) is 83.7. The molecule has 10 aromatic carbocycles. The predicted molar refractivity (Wildman–Crippen MR) is 285 cm³/mol. The Bertz CT molecular complexity index is 4240. The summed E-state index contributed by atoms with van der Waals surface area (Å²) in [6.07, 6.45) is 0. The van der Waals surface area contributed by atoms with Gasteiger partial charge in [-0.25, -0.2) is 15.0 Å². The van der Waals surface area contributed by atoms with Gasteiger partial charge in [-0.2, -0.15) is 0 Å². The minimum absolute atomic E-state index is 0.596. The molecule has 0 saturated carbocycles. The van der Waals surface area contributed by atoms with Crippen molar-refractivity contribution in [1.29, 1.82) is 0 Å². The van der Waals surface area contributed by atoms with Gasteiger partial charge in [-0.15, -0.1) is 11.3 Å². The SMILES string of the molecule is c1ccc(-c2ccc(-c3nc(-c4ccc(-c5cccc6c5sc5ccccc56)cc4)nc(-c4cccc5c4-c4ccccc4C54c5ccccc5-n5c6ccccc6c6cccc4c65)n3)cc2)cc1. The molecule has 1 atom stereocenters. The average molecular weight is 895 g/mol. The molecule has 2 aliphatic rings. The highest BCUT2D eigenvalue weighted by molar-refractivity contribution is 7.26. The van der Waals surface area contributed by atoms with Crippen molar-refractivity contribution in [3.8, 4) is 73.2 Å². The Labute approximate surface area is 402 Å². The Morgan fingerprint density at radius 2 is 0.870 bits per heavy atom. The van der Waals surface area contributed by atoms with E-state index in [1.807, 2.05) is 11.3 Å². The quantitative estimate of drug-likeness (QED) is 0.173. The first-order chi connectivity index (χ1) is 34.2. The normalized spacial score (nSPS) is 14.4. The maximum atomic E-state index is 5.45. The van der Waals surface area contributed by atoms with E-state index in [1.165, 1.54) is 86.6 Å². The van der Waals surface area contributed by atoms with Gasteiger partial charge in [0.05, 0.1) is 22.1 Å². The molecule has 0 amide bonds. The van der Waals surface area contributed by atoms with E-state index in [0.717, 1.165) is 33.4 Å². The van der Waals surface area contributed by atoms with E-state index in [4.69, 9.17) is 15.0 Å². The first-order valence-electron chi connectivity index (χ1n) is 23.5. The Hall–Kier alpha value is -8.77. The fourth-order valence-electron chi connectivity index (χ4n) is 11.8. The number of para-hydroxylation sites is 3. The van der Waals surface area contributed by atoms with Crippen LogP contribution in [0.15, 0.2) is 231 Å². The number of fused-ring (bicyclic) bond motifs is 15. The molecule has 5 heteroatoms. The van der Waals surface area contributed by atoms with E-state index in [1.54, 1.807) is 0 Å². The van der Waals surface area contributed by atoms with Crippen molar-refractivity contribution in [3.63, 3.8) is 0 Å². The van der Waals surface area contributed by atoms with E-state index in [0.29, 0.717) is 17.5 Å². The summed E-state index contributed by atoms with van der Waals surface area (Å²) in [5.41, 5.74) is 18.0. The fourth-order valence-corrected chi connectivity index (χ4v) is 13.0. The van der Waals surface area contributed by atoms with E-state index in [9.17, 15) is 0 Å². The lowest BCUT2D eigenvalue weighted by atomic mass is 9.65. The van der Waals surface area contributed by atoms with Gasteiger partial charge >= 0.3 is 0 Å². The summed E-state index contributed by atoms with van der Waals surface area (Å²) in [7, 11) is 0. The summed E-state index contributed by atoms with van der Waals surface area (Å²) >= 11 is 1.85. The molecule has 69 heavy (non-hydrogen) atoms. The van der Waals surface area contributed by atoms with Crippen LogP contribution in [0.1, 0.15) is 22.3 Å². The van der Waals surface area contributed by atoms with Gasteiger partial charge in [0.2, 0.25) is 0 Å². The van der Waals surface area contributed by atoms with Crippen molar-refractivity contribution in [2.24, 2.45) is 0 Å². The lowest BCUT2D eigenvalue weighted by Gasteiger charge is -2.39. The van der Waals surface area contributed by atoms with Crippen LogP contribution in [0.3, 0.4) is 0 Å². The van der Waals surface area contributed by atoms with Crippen molar-refractivity contribution >= 4 is 53.3 Å². The molecule has 1 aliphatic carbocycles. The Morgan fingerprint density at radius 1 is 0.333 bits per heavy atom. The highest BCUT2D eigenvalue weighted by Gasteiger charge is 2.51. The van der Waals surface area contributed by atoms with Gasteiger partial charge in [-0.3, -0.25) is 0 Å². The smallest absolute Gasteiger partial charge is 0.164 e. The van der Waals surface area contributed by atoms with Crippen molar-refractivity contribution < 1.29 is 0 Å². The molecule has 4 nitrogen and oxygen atoms in total. The Morgan fingerprint density at radius 3 is 1.70 bits per heavy atom. The fraction of sp³-hybridized carbons (Fsp3) is 0.0156. The van der Waals surface area contributed by atoms with Crippen LogP contribution < -0.4 is 0 Å². The zero-order valence-corrected chi connectivity index (χ0v) is 38.0. The minimum atomic E-state index is -0.596. The van der Waals surface area contributed by atoms with Crippen LogP contribution in [0, 0.1) is 0 Å². The number of nitrogens with zero attached hydrogens (tertiary/aromatic N) is 4. The number of hydrogen-bond acceptors (Lipinski definition) is 4. The number of thiophene rings is 1. The predicted octanol–water partition coefficient (Wildman–Crippen LogP) is 16.3. The summed E-state index contributed by atoms with van der Waals surface area (Å²) in [4.78, 5) is 16.2. The maximum absolute atomic E-state index is 5.45. The third-order valence-corrected chi connectivity index (χ3v) is 15.9. The second-order valence-electron chi connectivity index (χ2n) is 18.2. The van der Waals surface area contributed by atoms with Crippen LogP contribution in [-0.2, 0) is 5.41 Å². The zero-order chi connectivity index (χ0) is 45.2. The number of aromatic nitrogens is 4. The van der Waals surface area contributed by atoms with Gasteiger partial charge in [0.1, 0.15) is 0 Å². The second kappa shape index (κ2) is 14.6. The molecule has 0 N–H and O–H groups in total. The molecular formula is C64H38N4S. The van der Waals surface area contributed by atoms with Crippen molar-refractivity contribution in [1.82, 2.24) is 19.5 Å². The van der Waals surface area contributed by atoms with Crippen molar-refractivity contribution in [2.45, 2.75) is 5.41 Å². The van der Waals surface area contributed by atoms with Crippen LogP contribution in [-0.4, -0.2) is 19.5 Å². The Balaban J connectivity index is 0.946. The molecule has 13 aromatic rings. The molecule has 1 unspecified atom stereocenters. The molecule has 1 spiro atoms. The summed E-state index contributed by atoms with van der Waals surface area (Å²) in [5.74, 6) is 1.90. The van der Waals surface area contributed by atoms with E-state index < -0.39 is 5.41 Å². The van der Waals surface area contributed by atoms with Gasteiger partial charge in [0.25, 0.3) is 0 Å². The lowest BCUT2D eigenvalue weighted by molar-refractivity contribution is 0.748. The van der Waals surface area contributed by atoms with Crippen LogP contribution in [0.4, 0.5) is 0 Å². The van der Waals surface area contributed by atoms with Gasteiger partial charge in [-0.05, 0) is 73.8 Å². The first kappa shape index (κ1) is 38.3. The Kier molecular flexibility index (Phi) is 8.12. The number of benzene rings is 10. The summed E-state index contributed by atoms with van der Waals surface area (Å²) in [5, 5.41) is 5.10. The lowest BCUT2D eigenvalue weighted by Crippen LogP contribution is -2.33. The molecule has 15 rings (SSSR count). The summed E-state index contributed by atoms with van der Waals surface area (Å²) < 4.78 is 5.09. The second-order valence-corrected chi connectivity index (χ2v) is 19.3. The molecule has 0 bridgehead atoms. The largest absolute Gasteiger partial charge is 0.309 e. The van der Waals surface area contributed by atoms with Gasteiger partial charge in [0, 0.05) is 47.6 Å². The molecule has 320 valence electrons. The molecule has 0 radical (unpaired) electrons. The summed E-state index contributed by atoms with van der Waals surface area (Å²) in [6.45, 7) is 0. The minimum Gasteiger partial charge on any atom is -0.309 e. The maximum Gasteiger partial charge on any atom is 0.164 e. The molecule has 4 heterocycles. The molecular weight excluding hydrogens is 857 g/mol. The number of rotatable bonds is 5. The van der Waals surface area contributed by atoms with E-state index in [2.05, 4.69) is 235 Å². The van der Waals surface area contributed by atoms with Crippen LogP contribution in [0.2, 0.25) is 0 Å². The van der Waals surface area contributed by atoms with Crippen molar-refractivity contribution in [3.05, 3.63) is 253 Å². The van der Waals surface area contributed by atoms with Gasteiger partial charge in [-0.1, -0.05) is 212 Å². The van der Waals surface area contributed by atoms with E-state index in [-0.39, 0.29) is 0 Å². The van der Waals surface area contributed by atoms with Crippen molar-refractivity contribution in [2.75, 3.05) is 0 Å². The van der Waals surface area contributed by atoms with Crippen LogP contribution in [0.5, 0.6) is 0 Å². The molecule has 0 saturated heterocycles. The number of hydrogen-bond donors (Lipinski definition) is 0. The third kappa shape index (κ3) is 5.42. The molecule has 0 fully saturated rings. The van der Waals surface area contributed by atoms with Gasteiger partial charge < -0.3 is 4.57 Å².